The van der Waals surface area contributed by atoms with Crippen LogP contribution in [0.4, 0.5) is 18.9 Å². The fourth-order valence-electron chi connectivity index (χ4n) is 4.82. The van der Waals surface area contributed by atoms with Crippen LogP contribution < -0.4 is 9.64 Å². The minimum absolute atomic E-state index is 0.0221. The number of benzene rings is 3. The second-order valence-corrected chi connectivity index (χ2v) is 9.81. The van der Waals surface area contributed by atoms with Gasteiger partial charge in [-0.25, -0.2) is 0 Å². The predicted molar refractivity (Wildman–Crippen MR) is 157 cm³/mol. The van der Waals surface area contributed by atoms with Crippen molar-refractivity contribution in [2.24, 2.45) is 0 Å². The summed E-state index contributed by atoms with van der Waals surface area (Å²) in [7, 11) is 0. The standard InChI is InChI=1S/C33H34F3N3O3/c1-4-37(5-2)31(40)26-12-14-29(15-13-26)38-16-18-39(19-17-38)32(41)27-20-25(21-28(23-27)33(34,35)36)11-10-24-8-7-9-30(22-24)42-6-3/h7-9,12-15,20-23H,4-6,16-19H2,1-3H3. The summed E-state index contributed by atoms with van der Waals surface area (Å²) in [6.07, 6.45) is -4.63. The van der Waals surface area contributed by atoms with E-state index in [9.17, 15) is 22.8 Å². The van der Waals surface area contributed by atoms with E-state index in [1.165, 1.54) is 6.07 Å². The summed E-state index contributed by atoms with van der Waals surface area (Å²) in [5.41, 5.74) is 1.26. The van der Waals surface area contributed by atoms with E-state index in [2.05, 4.69) is 16.7 Å². The molecular weight excluding hydrogens is 543 g/mol. The third kappa shape index (κ3) is 7.43. The number of hydrogen-bond acceptors (Lipinski definition) is 4. The number of amides is 2. The second-order valence-electron chi connectivity index (χ2n) is 9.81. The van der Waals surface area contributed by atoms with Crippen LogP contribution in [0, 0.1) is 11.8 Å². The molecule has 0 spiro atoms. The average Bonchev–Trinajstić information content (AvgIpc) is 3.00. The minimum atomic E-state index is -4.63. The quantitative estimate of drug-likeness (QED) is 0.326. The maximum Gasteiger partial charge on any atom is 0.416 e. The van der Waals surface area contributed by atoms with Crippen molar-refractivity contribution in [1.29, 1.82) is 0 Å². The van der Waals surface area contributed by atoms with Crippen molar-refractivity contribution in [2.45, 2.75) is 26.9 Å². The van der Waals surface area contributed by atoms with Crippen molar-refractivity contribution in [1.82, 2.24) is 9.80 Å². The Balaban J connectivity index is 1.48. The van der Waals surface area contributed by atoms with Crippen LogP contribution in [0.2, 0.25) is 0 Å². The molecule has 220 valence electrons. The van der Waals surface area contributed by atoms with Crippen molar-refractivity contribution in [3.05, 3.63) is 94.5 Å². The second kappa shape index (κ2) is 13.5. The van der Waals surface area contributed by atoms with Crippen LogP contribution in [0.1, 0.15) is 58.2 Å². The molecule has 0 bridgehead atoms. The van der Waals surface area contributed by atoms with Gasteiger partial charge in [-0.15, -0.1) is 0 Å². The zero-order valence-electron chi connectivity index (χ0n) is 24.0. The number of anilines is 1. The topological polar surface area (TPSA) is 53.1 Å². The Bertz CT molecular complexity index is 1460. The molecule has 0 unspecified atom stereocenters. The summed E-state index contributed by atoms with van der Waals surface area (Å²) in [4.78, 5) is 31.3. The Morgan fingerprint density at radius 3 is 2.12 bits per heavy atom. The predicted octanol–water partition coefficient (Wildman–Crippen LogP) is 5.95. The van der Waals surface area contributed by atoms with Gasteiger partial charge in [0.05, 0.1) is 12.2 Å². The summed E-state index contributed by atoms with van der Waals surface area (Å²) in [6, 6.07) is 17.6. The number of carbonyl (C=O) groups is 2. The molecule has 6 nitrogen and oxygen atoms in total. The first-order valence-electron chi connectivity index (χ1n) is 14.0. The van der Waals surface area contributed by atoms with Gasteiger partial charge in [-0.3, -0.25) is 9.59 Å². The normalized spacial score (nSPS) is 13.3. The number of rotatable bonds is 7. The molecule has 3 aromatic carbocycles. The third-order valence-electron chi connectivity index (χ3n) is 7.10. The van der Waals surface area contributed by atoms with Gasteiger partial charge in [-0.05, 0) is 81.4 Å². The van der Waals surface area contributed by atoms with Crippen molar-refractivity contribution >= 4 is 17.5 Å². The van der Waals surface area contributed by atoms with Gasteiger partial charge in [0.2, 0.25) is 0 Å². The van der Waals surface area contributed by atoms with Crippen LogP contribution in [0.3, 0.4) is 0 Å². The van der Waals surface area contributed by atoms with Crippen LogP contribution in [0.15, 0.2) is 66.7 Å². The summed E-state index contributed by atoms with van der Waals surface area (Å²) in [5, 5.41) is 0. The molecule has 3 aromatic rings. The Hall–Kier alpha value is -4.45. The number of piperazine rings is 1. The highest BCUT2D eigenvalue weighted by molar-refractivity contribution is 5.95. The molecule has 1 heterocycles. The maximum absolute atomic E-state index is 13.7. The monoisotopic (exact) mass is 577 g/mol. The summed E-state index contributed by atoms with van der Waals surface area (Å²) < 4.78 is 46.7. The number of halogens is 3. The first-order chi connectivity index (χ1) is 20.1. The van der Waals surface area contributed by atoms with E-state index >= 15 is 0 Å². The van der Waals surface area contributed by atoms with E-state index in [1.54, 1.807) is 46.2 Å². The molecule has 42 heavy (non-hydrogen) atoms. The Labute approximate surface area is 244 Å². The fraction of sp³-hybridized carbons (Fsp3) is 0.333. The molecule has 1 aliphatic heterocycles. The number of hydrogen-bond donors (Lipinski definition) is 0. The Morgan fingerprint density at radius 2 is 1.50 bits per heavy atom. The zero-order valence-corrected chi connectivity index (χ0v) is 24.0. The summed E-state index contributed by atoms with van der Waals surface area (Å²) >= 11 is 0. The molecule has 2 amide bonds. The van der Waals surface area contributed by atoms with E-state index in [0.29, 0.717) is 62.8 Å². The van der Waals surface area contributed by atoms with Crippen molar-refractivity contribution in [2.75, 3.05) is 50.8 Å². The van der Waals surface area contributed by atoms with Crippen molar-refractivity contribution in [3.8, 4) is 17.6 Å². The molecule has 1 fully saturated rings. The summed E-state index contributed by atoms with van der Waals surface area (Å²) in [6.45, 7) is 9.20. The highest BCUT2D eigenvalue weighted by atomic mass is 19.4. The molecule has 9 heteroatoms. The zero-order chi connectivity index (χ0) is 30.3. The smallest absolute Gasteiger partial charge is 0.416 e. The van der Waals surface area contributed by atoms with E-state index < -0.39 is 17.6 Å². The van der Waals surface area contributed by atoms with Gasteiger partial charge < -0.3 is 19.4 Å². The largest absolute Gasteiger partial charge is 0.494 e. The number of carbonyl (C=O) groups excluding carboxylic acids is 2. The van der Waals surface area contributed by atoms with Gasteiger partial charge >= 0.3 is 6.18 Å². The number of nitrogens with zero attached hydrogens (tertiary/aromatic N) is 3. The van der Waals surface area contributed by atoms with Crippen LogP contribution >= 0.6 is 0 Å². The lowest BCUT2D eigenvalue weighted by atomic mass is 10.0. The van der Waals surface area contributed by atoms with Crippen LogP contribution in [-0.2, 0) is 6.18 Å². The molecule has 0 aromatic heterocycles. The maximum atomic E-state index is 13.7. The van der Waals surface area contributed by atoms with E-state index in [-0.39, 0.29) is 17.0 Å². The van der Waals surface area contributed by atoms with E-state index in [1.807, 2.05) is 32.9 Å². The lowest BCUT2D eigenvalue weighted by Crippen LogP contribution is -2.48. The molecule has 0 aliphatic carbocycles. The first-order valence-corrected chi connectivity index (χ1v) is 14.0. The summed E-state index contributed by atoms with van der Waals surface area (Å²) in [5.74, 6) is 5.79. The highest BCUT2D eigenvalue weighted by Gasteiger charge is 2.32. The van der Waals surface area contributed by atoms with Crippen LogP contribution in [-0.4, -0.2) is 67.5 Å². The van der Waals surface area contributed by atoms with Crippen LogP contribution in [0.25, 0.3) is 0 Å². The molecule has 1 aliphatic rings. The Kier molecular flexibility index (Phi) is 9.79. The number of alkyl halides is 3. The fourth-order valence-corrected chi connectivity index (χ4v) is 4.82. The van der Waals surface area contributed by atoms with E-state index in [4.69, 9.17) is 4.74 Å². The van der Waals surface area contributed by atoms with Gasteiger partial charge in [0, 0.05) is 67.2 Å². The van der Waals surface area contributed by atoms with Gasteiger partial charge in [0.25, 0.3) is 11.8 Å². The van der Waals surface area contributed by atoms with Gasteiger partial charge in [0.15, 0.2) is 0 Å². The minimum Gasteiger partial charge on any atom is -0.494 e. The van der Waals surface area contributed by atoms with Crippen molar-refractivity contribution in [3.63, 3.8) is 0 Å². The van der Waals surface area contributed by atoms with Crippen LogP contribution in [0.5, 0.6) is 5.75 Å². The van der Waals surface area contributed by atoms with Gasteiger partial charge in [-0.2, -0.15) is 13.2 Å². The van der Waals surface area contributed by atoms with Gasteiger partial charge in [0.1, 0.15) is 5.75 Å². The molecule has 4 rings (SSSR count). The molecule has 0 N–H and O–H groups in total. The Morgan fingerprint density at radius 1 is 0.833 bits per heavy atom. The highest BCUT2D eigenvalue weighted by Crippen LogP contribution is 2.31. The van der Waals surface area contributed by atoms with Gasteiger partial charge in [-0.1, -0.05) is 17.9 Å². The average molecular weight is 578 g/mol. The lowest BCUT2D eigenvalue weighted by molar-refractivity contribution is -0.137. The SMILES string of the molecule is CCOc1cccc(C#Cc2cc(C(=O)N3CCN(c4ccc(C(=O)N(CC)CC)cc4)CC3)cc(C(F)(F)F)c2)c1. The third-order valence-corrected chi connectivity index (χ3v) is 7.10. The van der Waals surface area contributed by atoms with E-state index in [0.717, 1.165) is 17.8 Å². The number of ether oxygens (including phenoxy) is 1. The molecular formula is C33H34F3N3O3. The van der Waals surface area contributed by atoms with Crippen molar-refractivity contribution < 1.29 is 27.5 Å². The first kappa shape index (κ1) is 30.5. The molecule has 1 saturated heterocycles. The lowest BCUT2D eigenvalue weighted by Gasteiger charge is -2.36. The molecule has 0 atom stereocenters. The molecule has 0 saturated carbocycles. The molecule has 0 radical (unpaired) electrons.